The smallest absolute Gasteiger partial charge is 0.196 e. The van der Waals surface area contributed by atoms with Gasteiger partial charge in [-0.1, -0.05) is 23.9 Å². The number of hydrogen-bond donors (Lipinski definition) is 0. The van der Waals surface area contributed by atoms with Crippen molar-refractivity contribution in [3.05, 3.63) is 77.6 Å². The molecule has 0 unspecified atom stereocenters. The Kier molecular flexibility index (Phi) is 6.37. The Morgan fingerprint density at radius 2 is 1.85 bits per heavy atom. The van der Waals surface area contributed by atoms with E-state index in [9.17, 15) is 4.39 Å². The molecule has 0 saturated heterocycles. The van der Waals surface area contributed by atoms with Crippen molar-refractivity contribution in [2.75, 3.05) is 21.0 Å². The molecule has 5 rings (SSSR count). The topological polar surface area (TPSA) is 67.6 Å². The molecular weight excluding hydrogens is 457 g/mol. The van der Waals surface area contributed by atoms with E-state index in [-0.39, 0.29) is 12.6 Å². The van der Waals surface area contributed by atoms with Gasteiger partial charge in [0.2, 0.25) is 0 Å². The molecule has 174 valence electrons. The third-order valence-corrected chi connectivity index (χ3v) is 6.40. The zero-order valence-corrected chi connectivity index (χ0v) is 19.5. The summed E-state index contributed by atoms with van der Waals surface area (Å²) >= 11 is 1.45. The molecule has 2 heterocycles. The fourth-order valence-corrected chi connectivity index (χ4v) is 4.76. The van der Waals surface area contributed by atoms with Gasteiger partial charge in [-0.2, -0.15) is 0 Å². The molecule has 34 heavy (non-hydrogen) atoms. The molecule has 9 heteroatoms. The van der Waals surface area contributed by atoms with Crippen molar-refractivity contribution < 1.29 is 23.3 Å². The number of rotatable bonds is 7. The molecule has 0 spiro atoms. The first-order valence-electron chi connectivity index (χ1n) is 10.6. The summed E-state index contributed by atoms with van der Waals surface area (Å²) in [6.07, 6.45) is 0. The van der Waals surface area contributed by atoms with Crippen molar-refractivity contribution in [1.29, 1.82) is 0 Å². The number of para-hydroxylation sites is 1. The molecule has 7 nitrogen and oxygen atoms in total. The predicted octanol–water partition coefficient (Wildman–Crippen LogP) is 5.25. The highest BCUT2D eigenvalue weighted by molar-refractivity contribution is 7.98. The van der Waals surface area contributed by atoms with E-state index in [1.165, 1.54) is 23.9 Å². The highest BCUT2D eigenvalue weighted by Gasteiger charge is 2.21. The fourth-order valence-electron chi connectivity index (χ4n) is 3.84. The number of hydrogen-bond acceptors (Lipinski definition) is 7. The number of benzene rings is 3. The van der Waals surface area contributed by atoms with E-state index in [2.05, 4.69) is 10.2 Å². The molecule has 3 aromatic carbocycles. The molecule has 0 aliphatic carbocycles. The van der Waals surface area contributed by atoms with Crippen LogP contribution in [0.15, 0.2) is 65.8 Å². The second-order valence-electron chi connectivity index (χ2n) is 7.49. The minimum atomic E-state index is -0.324. The molecule has 0 N–H and O–H groups in total. The van der Waals surface area contributed by atoms with Gasteiger partial charge >= 0.3 is 0 Å². The lowest BCUT2D eigenvalue weighted by atomic mass is 10.1. The third kappa shape index (κ3) is 4.32. The molecule has 1 aliphatic rings. The number of fused-ring (bicyclic) bond motifs is 1. The molecule has 0 radical (unpaired) electrons. The van der Waals surface area contributed by atoms with Gasteiger partial charge in [0.05, 0.1) is 32.1 Å². The lowest BCUT2D eigenvalue weighted by Crippen LogP contribution is -2.13. The average Bonchev–Trinajstić information content (AvgIpc) is 3.30. The molecule has 0 saturated carbocycles. The number of thioether (sulfide) groups is 1. The predicted molar refractivity (Wildman–Crippen MR) is 126 cm³/mol. The third-order valence-electron chi connectivity index (χ3n) is 5.42. The van der Waals surface area contributed by atoms with E-state index in [0.29, 0.717) is 40.4 Å². The maximum atomic E-state index is 14.2. The van der Waals surface area contributed by atoms with Crippen LogP contribution < -0.4 is 14.2 Å². The number of halogens is 1. The standard InChI is InChI=1S/C25H22FN3O4S/c1-30-20-9-7-19(8-10-20)29-24(21-5-3-4-6-22(21)31-2)27-28-25(29)34-14-17-12-18(26)11-16-13-32-15-33-23(16)17/h3-12H,13-15H2,1-2H3. The quantitative estimate of drug-likeness (QED) is 0.336. The molecule has 0 amide bonds. The average molecular weight is 480 g/mol. The summed E-state index contributed by atoms with van der Waals surface area (Å²) in [5.41, 5.74) is 3.11. The molecule has 1 aliphatic heterocycles. The molecule has 4 aromatic rings. The highest BCUT2D eigenvalue weighted by Crippen LogP contribution is 2.37. The van der Waals surface area contributed by atoms with Crippen molar-refractivity contribution in [2.45, 2.75) is 17.5 Å². The molecular formula is C25H22FN3O4S. The Balaban J connectivity index is 1.55. The summed E-state index contributed by atoms with van der Waals surface area (Å²) < 4.78 is 38.0. The van der Waals surface area contributed by atoms with Crippen LogP contribution in [0.2, 0.25) is 0 Å². The highest BCUT2D eigenvalue weighted by atomic mass is 32.2. The number of ether oxygens (including phenoxy) is 4. The molecule has 0 fully saturated rings. The van der Waals surface area contributed by atoms with E-state index in [4.69, 9.17) is 18.9 Å². The molecule has 0 bridgehead atoms. The SMILES string of the molecule is COc1ccc(-n2c(SCc3cc(F)cc4c3OCOC4)nnc2-c2ccccc2OC)cc1. The summed E-state index contributed by atoms with van der Waals surface area (Å²) in [5, 5.41) is 9.60. The van der Waals surface area contributed by atoms with Crippen molar-refractivity contribution in [2.24, 2.45) is 0 Å². The Morgan fingerprint density at radius 1 is 1.03 bits per heavy atom. The van der Waals surface area contributed by atoms with E-state index in [1.54, 1.807) is 14.2 Å². The van der Waals surface area contributed by atoms with E-state index < -0.39 is 0 Å². The Labute approximate surface area is 200 Å². The minimum Gasteiger partial charge on any atom is -0.497 e. The van der Waals surface area contributed by atoms with Gasteiger partial charge in [0.1, 0.15) is 23.1 Å². The first kappa shape index (κ1) is 22.2. The van der Waals surface area contributed by atoms with Gasteiger partial charge in [0, 0.05) is 16.9 Å². The first-order chi connectivity index (χ1) is 16.7. The fraction of sp³-hybridized carbons (Fsp3) is 0.200. The largest absolute Gasteiger partial charge is 0.497 e. The maximum absolute atomic E-state index is 14.2. The maximum Gasteiger partial charge on any atom is 0.196 e. The molecule has 1 aromatic heterocycles. The Hall–Kier alpha value is -3.56. The van der Waals surface area contributed by atoms with Crippen LogP contribution in [0.25, 0.3) is 17.1 Å². The van der Waals surface area contributed by atoms with Crippen molar-refractivity contribution in [1.82, 2.24) is 14.8 Å². The zero-order chi connectivity index (χ0) is 23.5. The van der Waals surface area contributed by atoms with Gasteiger partial charge in [-0.25, -0.2) is 4.39 Å². The summed E-state index contributed by atoms with van der Waals surface area (Å²) in [6, 6.07) is 18.2. The molecule has 0 atom stereocenters. The van der Waals surface area contributed by atoms with Gasteiger partial charge in [-0.05, 0) is 48.5 Å². The number of nitrogens with zero attached hydrogens (tertiary/aromatic N) is 3. The Morgan fingerprint density at radius 3 is 2.65 bits per heavy atom. The van der Waals surface area contributed by atoms with E-state index >= 15 is 0 Å². The normalized spacial score (nSPS) is 12.7. The van der Waals surface area contributed by atoms with Crippen LogP contribution in [0, 0.1) is 5.82 Å². The van der Waals surface area contributed by atoms with E-state index in [0.717, 1.165) is 22.6 Å². The van der Waals surface area contributed by atoms with Crippen molar-refractivity contribution in [3.8, 4) is 34.3 Å². The summed E-state index contributed by atoms with van der Waals surface area (Å²) in [5.74, 6) is 2.86. The first-order valence-corrected chi connectivity index (χ1v) is 11.5. The lowest BCUT2D eigenvalue weighted by molar-refractivity contribution is -0.0171. The van der Waals surface area contributed by atoms with Crippen LogP contribution in [-0.2, 0) is 17.1 Å². The summed E-state index contributed by atoms with van der Waals surface area (Å²) in [4.78, 5) is 0. The van der Waals surface area contributed by atoms with Crippen LogP contribution in [0.1, 0.15) is 11.1 Å². The second-order valence-corrected chi connectivity index (χ2v) is 8.43. The Bertz CT molecular complexity index is 1310. The summed E-state index contributed by atoms with van der Waals surface area (Å²) in [6.45, 7) is 0.473. The van der Waals surface area contributed by atoms with Crippen molar-refractivity contribution in [3.63, 3.8) is 0 Å². The van der Waals surface area contributed by atoms with Crippen LogP contribution >= 0.6 is 11.8 Å². The van der Waals surface area contributed by atoms with Crippen LogP contribution in [0.4, 0.5) is 4.39 Å². The minimum absolute atomic E-state index is 0.149. The number of methoxy groups -OCH3 is 2. The van der Waals surface area contributed by atoms with Crippen LogP contribution in [0.3, 0.4) is 0 Å². The monoisotopic (exact) mass is 479 g/mol. The van der Waals surface area contributed by atoms with Gasteiger partial charge in [-0.15, -0.1) is 10.2 Å². The lowest BCUT2D eigenvalue weighted by Gasteiger charge is -2.20. The van der Waals surface area contributed by atoms with Crippen molar-refractivity contribution >= 4 is 11.8 Å². The zero-order valence-electron chi connectivity index (χ0n) is 18.7. The van der Waals surface area contributed by atoms with Gasteiger partial charge < -0.3 is 18.9 Å². The van der Waals surface area contributed by atoms with Crippen LogP contribution in [-0.4, -0.2) is 35.8 Å². The van der Waals surface area contributed by atoms with Crippen LogP contribution in [0.5, 0.6) is 17.2 Å². The van der Waals surface area contributed by atoms with E-state index in [1.807, 2.05) is 53.1 Å². The van der Waals surface area contributed by atoms with Gasteiger partial charge in [0.25, 0.3) is 0 Å². The second kappa shape index (κ2) is 9.74. The van der Waals surface area contributed by atoms with Gasteiger partial charge in [-0.3, -0.25) is 4.57 Å². The van der Waals surface area contributed by atoms with Gasteiger partial charge in [0.15, 0.2) is 17.8 Å². The number of aromatic nitrogens is 3. The summed E-state index contributed by atoms with van der Waals surface area (Å²) in [7, 11) is 3.25.